The molecular formula is C13H15N5O4. The number of carboxylic acids is 2. The molecule has 1 unspecified atom stereocenters. The summed E-state index contributed by atoms with van der Waals surface area (Å²) in [7, 11) is 0. The SMILES string of the molecule is Nc1nc2cc(C(=O)O)c(N3CCCC(C(=O)O)C3)cn2n1. The number of nitrogens with zero attached hydrogens (tertiary/aromatic N) is 4. The number of anilines is 2. The van der Waals surface area contributed by atoms with Gasteiger partial charge in [0.25, 0.3) is 0 Å². The van der Waals surface area contributed by atoms with E-state index in [2.05, 4.69) is 10.1 Å². The van der Waals surface area contributed by atoms with Gasteiger partial charge < -0.3 is 20.8 Å². The van der Waals surface area contributed by atoms with Crippen LogP contribution in [0.2, 0.25) is 0 Å². The van der Waals surface area contributed by atoms with Crippen LogP contribution in [0.3, 0.4) is 0 Å². The first-order valence-corrected chi connectivity index (χ1v) is 6.82. The van der Waals surface area contributed by atoms with Gasteiger partial charge in [0.2, 0.25) is 5.95 Å². The lowest BCUT2D eigenvalue weighted by molar-refractivity contribution is -0.141. The molecule has 0 aliphatic carbocycles. The van der Waals surface area contributed by atoms with E-state index in [1.807, 2.05) is 0 Å². The van der Waals surface area contributed by atoms with Crippen molar-refractivity contribution in [3.8, 4) is 0 Å². The van der Waals surface area contributed by atoms with E-state index in [4.69, 9.17) is 10.8 Å². The predicted octanol–water partition coefficient (Wildman–Crippen LogP) is 0.311. The Morgan fingerprint density at radius 3 is 2.82 bits per heavy atom. The molecule has 1 aliphatic rings. The summed E-state index contributed by atoms with van der Waals surface area (Å²) < 4.78 is 1.40. The van der Waals surface area contributed by atoms with Crippen molar-refractivity contribution in [2.24, 2.45) is 5.92 Å². The van der Waals surface area contributed by atoms with Crippen LogP contribution < -0.4 is 10.6 Å². The normalized spacial score (nSPS) is 18.5. The fraction of sp³-hybridized carbons (Fsp3) is 0.385. The van der Waals surface area contributed by atoms with Crippen LogP contribution in [0.5, 0.6) is 0 Å². The second-order valence-corrected chi connectivity index (χ2v) is 5.27. The minimum atomic E-state index is -1.10. The smallest absolute Gasteiger partial charge is 0.338 e. The van der Waals surface area contributed by atoms with Crippen LogP contribution in [0.25, 0.3) is 5.65 Å². The third-order valence-electron chi connectivity index (χ3n) is 3.81. The monoisotopic (exact) mass is 305 g/mol. The average molecular weight is 305 g/mol. The summed E-state index contributed by atoms with van der Waals surface area (Å²) in [6.45, 7) is 0.866. The molecule has 9 heteroatoms. The van der Waals surface area contributed by atoms with Gasteiger partial charge >= 0.3 is 11.9 Å². The van der Waals surface area contributed by atoms with Gasteiger partial charge in [0.05, 0.1) is 23.4 Å². The summed E-state index contributed by atoms with van der Waals surface area (Å²) in [5.41, 5.74) is 6.35. The first-order valence-electron chi connectivity index (χ1n) is 6.82. The Kier molecular flexibility index (Phi) is 3.32. The summed E-state index contributed by atoms with van der Waals surface area (Å²) in [5.74, 6) is -2.42. The number of piperidine rings is 1. The number of aromatic nitrogens is 3. The lowest BCUT2D eigenvalue weighted by Crippen LogP contribution is -2.39. The minimum Gasteiger partial charge on any atom is -0.481 e. The highest BCUT2D eigenvalue weighted by Crippen LogP contribution is 2.27. The van der Waals surface area contributed by atoms with E-state index in [9.17, 15) is 14.7 Å². The van der Waals surface area contributed by atoms with Crippen molar-refractivity contribution < 1.29 is 19.8 Å². The Hall–Kier alpha value is -2.84. The number of hydrogen-bond donors (Lipinski definition) is 3. The summed E-state index contributed by atoms with van der Waals surface area (Å²) in [6, 6.07) is 1.39. The van der Waals surface area contributed by atoms with Crippen molar-refractivity contribution >= 4 is 29.2 Å². The van der Waals surface area contributed by atoms with E-state index < -0.39 is 17.9 Å². The largest absolute Gasteiger partial charge is 0.481 e. The Morgan fingerprint density at radius 2 is 2.14 bits per heavy atom. The number of nitrogens with two attached hydrogens (primary N) is 1. The zero-order valence-electron chi connectivity index (χ0n) is 11.6. The van der Waals surface area contributed by atoms with Crippen LogP contribution in [0.4, 0.5) is 11.6 Å². The first-order chi connectivity index (χ1) is 10.5. The minimum absolute atomic E-state index is 0.0514. The number of carbonyl (C=O) groups is 2. The number of fused-ring (bicyclic) bond motifs is 1. The molecule has 3 heterocycles. The zero-order valence-corrected chi connectivity index (χ0v) is 11.6. The van der Waals surface area contributed by atoms with Crippen LogP contribution >= 0.6 is 0 Å². The third kappa shape index (κ3) is 2.41. The van der Waals surface area contributed by atoms with Gasteiger partial charge in [-0.3, -0.25) is 4.79 Å². The van der Waals surface area contributed by atoms with Crippen molar-refractivity contribution in [3.05, 3.63) is 17.8 Å². The molecule has 1 aliphatic heterocycles. The van der Waals surface area contributed by atoms with Crippen LogP contribution in [0.1, 0.15) is 23.2 Å². The van der Waals surface area contributed by atoms with Gasteiger partial charge in [-0.15, -0.1) is 5.10 Å². The number of pyridine rings is 1. The van der Waals surface area contributed by atoms with Gasteiger partial charge in [-0.2, -0.15) is 4.98 Å². The maximum atomic E-state index is 11.5. The summed E-state index contributed by atoms with van der Waals surface area (Å²) in [5, 5.41) is 22.5. The molecule has 3 rings (SSSR count). The molecule has 2 aromatic rings. The standard InChI is InChI=1S/C13H15N5O4/c14-13-15-10-4-8(12(21)22)9(6-18(10)16-13)17-3-1-2-7(5-17)11(19)20/h4,6-7H,1-3,5H2,(H2,14,16)(H,19,20)(H,21,22). The highest BCUT2D eigenvalue weighted by Gasteiger charge is 2.28. The quantitative estimate of drug-likeness (QED) is 0.737. The first kappa shape index (κ1) is 14.1. The molecule has 0 saturated carbocycles. The summed E-state index contributed by atoms with van der Waals surface area (Å²) >= 11 is 0. The molecule has 9 nitrogen and oxygen atoms in total. The highest BCUT2D eigenvalue weighted by atomic mass is 16.4. The number of nitrogen functional groups attached to an aromatic ring is 1. The molecule has 0 bridgehead atoms. The number of carboxylic acid groups (broad SMARTS) is 2. The second-order valence-electron chi connectivity index (χ2n) is 5.27. The highest BCUT2D eigenvalue weighted by molar-refractivity contribution is 5.95. The predicted molar refractivity (Wildman–Crippen MR) is 76.9 cm³/mol. The van der Waals surface area contributed by atoms with Gasteiger partial charge in [-0.05, 0) is 18.9 Å². The molecule has 0 radical (unpaired) electrons. The molecule has 1 atom stereocenters. The van der Waals surface area contributed by atoms with Crippen LogP contribution in [0, 0.1) is 5.92 Å². The van der Waals surface area contributed by atoms with Crippen LogP contribution in [0.15, 0.2) is 12.3 Å². The maximum Gasteiger partial charge on any atom is 0.338 e. The zero-order chi connectivity index (χ0) is 15.9. The maximum absolute atomic E-state index is 11.5. The second kappa shape index (κ2) is 5.17. The van der Waals surface area contributed by atoms with Crippen LogP contribution in [-0.2, 0) is 4.79 Å². The van der Waals surface area contributed by atoms with Gasteiger partial charge in [-0.1, -0.05) is 0 Å². The van der Waals surface area contributed by atoms with Crippen molar-refractivity contribution in [2.45, 2.75) is 12.8 Å². The van der Waals surface area contributed by atoms with Crippen molar-refractivity contribution in [3.63, 3.8) is 0 Å². The summed E-state index contributed by atoms with van der Waals surface area (Å²) in [6.07, 6.45) is 2.81. The van der Waals surface area contributed by atoms with Gasteiger partial charge in [0.1, 0.15) is 0 Å². The fourth-order valence-corrected chi connectivity index (χ4v) is 2.76. The van der Waals surface area contributed by atoms with E-state index in [-0.39, 0.29) is 18.1 Å². The Labute approximate surface area is 125 Å². The molecule has 1 saturated heterocycles. The molecule has 22 heavy (non-hydrogen) atoms. The lowest BCUT2D eigenvalue weighted by atomic mass is 9.97. The van der Waals surface area contributed by atoms with Gasteiger partial charge in [-0.25, -0.2) is 9.31 Å². The van der Waals surface area contributed by atoms with Crippen molar-refractivity contribution in [2.75, 3.05) is 23.7 Å². The van der Waals surface area contributed by atoms with E-state index in [0.29, 0.717) is 30.7 Å². The Morgan fingerprint density at radius 1 is 1.36 bits per heavy atom. The topological polar surface area (TPSA) is 134 Å². The van der Waals surface area contributed by atoms with E-state index in [0.717, 1.165) is 0 Å². The van der Waals surface area contributed by atoms with E-state index >= 15 is 0 Å². The molecule has 0 amide bonds. The van der Waals surface area contributed by atoms with Crippen molar-refractivity contribution in [1.82, 2.24) is 14.6 Å². The molecule has 2 aromatic heterocycles. The Balaban J connectivity index is 2.05. The molecule has 0 spiro atoms. The molecule has 0 aromatic carbocycles. The lowest BCUT2D eigenvalue weighted by Gasteiger charge is -2.33. The van der Waals surface area contributed by atoms with E-state index in [1.54, 1.807) is 4.90 Å². The average Bonchev–Trinajstić information content (AvgIpc) is 2.85. The van der Waals surface area contributed by atoms with Gasteiger partial charge in [0.15, 0.2) is 5.65 Å². The van der Waals surface area contributed by atoms with Crippen LogP contribution in [-0.4, -0.2) is 49.8 Å². The molecular weight excluding hydrogens is 290 g/mol. The van der Waals surface area contributed by atoms with Gasteiger partial charge in [0, 0.05) is 13.1 Å². The number of hydrogen-bond acceptors (Lipinski definition) is 6. The Bertz CT molecular complexity index is 756. The molecule has 1 fully saturated rings. The van der Waals surface area contributed by atoms with E-state index in [1.165, 1.54) is 16.8 Å². The number of aromatic carboxylic acids is 1. The van der Waals surface area contributed by atoms with Crippen molar-refractivity contribution in [1.29, 1.82) is 0 Å². The molecule has 116 valence electrons. The summed E-state index contributed by atoms with van der Waals surface area (Å²) in [4.78, 5) is 28.4. The number of aliphatic carboxylic acids is 1. The fourth-order valence-electron chi connectivity index (χ4n) is 2.76. The molecule has 4 N–H and O–H groups in total. The third-order valence-corrected chi connectivity index (χ3v) is 3.81. The number of rotatable bonds is 3.